The van der Waals surface area contributed by atoms with Crippen molar-refractivity contribution < 1.29 is 0 Å². The van der Waals surface area contributed by atoms with Gasteiger partial charge in [0.2, 0.25) is 0 Å². The quantitative estimate of drug-likeness (QED) is 0.851. The fourth-order valence-electron chi connectivity index (χ4n) is 1.56. The molecule has 2 aromatic rings. The Balaban J connectivity index is 2.08. The third kappa shape index (κ3) is 2.37. The third-order valence-electron chi connectivity index (χ3n) is 2.70. The largest absolute Gasteiger partial charge is 0.381 e. The van der Waals surface area contributed by atoms with Crippen molar-refractivity contribution >= 4 is 5.69 Å². The zero-order valence-electron chi connectivity index (χ0n) is 9.57. The van der Waals surface area contributed by atoms with Crippen LogP contribution in [0.15, 0.2) is 36.9 Å². The highest BCUT2D eigenvalue weighted by Gasteiger charge is 2.00. The maximum atomic E-state index is 3.99. The summed E-state index contributed by atoms with van der Waals surface area (Å²) < 4.78 is 0. The van der Waals surface area contributed by atoms with Gasteiger partial charge < -0.3 is 5.32 Å². The predicted molar refractivity (Wildman–Crippen MR) is 65.3 cm³/mol. The van der Waals surface area contributed by atoms with Gasteiger partial charge in [-0.3, -0.25) is 0 Å². The van der Waals surface area contributed by atoms with Gasteiger partial charge in [0, 0.05) is 30.2 Å². The number of aromatic nitrogens is 2. The minimum absolute atomic E-state index is 0.755. The van der Waals surface area contributed by atoms with Crippen LogP contribution in [0.4, 0.5) is 5.69 Å². The number of hydrogen-bond donors (Lipinski definition) is 1. The summed E-state index contributed by atoms with van der Waals surface area (Å²) in [6, 6.07) is 6.27. The van der Waals surface area contributed by atoms with Crippen molar-refractivity contribution in [1.29, 1.82) is 0 Å². The Morgan fingerprint density at radius 3 is 2.62 bits per heavy atom. The summed E-state index contributed by atoms with van der Waals surface area (Å²) in [5, 5.41) is 3.39. The Hall–Kier alpha value is -1.90. The first-order chi connectivity index (χ1) is 7.77. The number of anilines is 1. The molecule has 0 aliphatic heterocycles. The predicted octanol–water partition coefficient (Wildman–Crippen LogP) is 2.71. The molecule has 2 rings (SSSR count). The van der Waals surface area contributed by atoms with Crippen molar-refractivity contribution in [1.82, 2.24) is 9.97 Å². The van der Waals surface area contributed by atoms with Crippen LogP contribution >= 0.6 is 0 Å². The van der Waals surface area contributed by atoms with Gasteiger partial charge in [0.1, 0.15) is 6.33 Å². The molecule has 0 aliphatic rings. The van der Waals surface area contributed by atoms with Crippen molar-refractivity contribution in [3.8, 4) is 0 Å². The maximum Gasteiger partial charge on any atom is 0.115 e. The van der Waals surface area contributed by atoms with Crippen molar-refractivity contribution in [3.63, 3.8) is 0 Å². The van der Waals surface area contributed by atoms with E-state index in [1.165, 1.54) is 16.8 Å². The lowest BCUT2D eigenvalue weighted by atomic mass is 10.1. The Morgan fingerprint density at radius 2 is 1.88 bits per heavy atom. The third-order valence-corrected chi connectivity index (χ3v) is 2.70. The highest BCUT2D eigenvalue weighted by molar-refractivity contribution is 5.53. The second-order valence-corrected chi connectivity index (χ2v) is 3.85. The molecule has 16 heavy (non-hydrogen) atoms. The van der Waals surface area contributed by atoms with Crippen molar-refractivity contribution in [2.45, 2.75) is 20.4 Å². The van der Waals surface area contributed by atoms with Crippen LogP contribution in [0.1, 0.15) is 16.7 Å². The maximum absolute atomic E-state index is 3.99. The molecule has 0 amide bonds. The molecule has 0 atom stereocenters. The van der Waals surface area contributed by atoms with E-state index < -0.39 is 0 Å². The Bertz CT molecular complexity index is 466. The van der Waals surface area contributed by atoms with Crippen LogP contribution in [0.5, 0.6) is 0 Å². The summed E-state index contributed by atoms with van der Waals surface area (Å²) in [6.07, 6.45) is 5.19. The molecule has 3 nitrogen and oxygen atoms in total. The molecule has 0 saturated heterocycles. The second-order valence-electron chi connectivity index (χ2n) is 3.85. The summed E-state index contributed by atoms with van der Waals surface area (Å²) in [6.45, 7) is 5.00. The molecule has 1 N–H and O–H groups in total. The molecule has 0 unspecified atom stereocenters. The van der Waals surface area contributed by atoms with Crippen molar-refractivity contribution in [2.24, 2.45) is 0 Å². The highest BCUT2D eigenvalue weighted by Crippen LogP contribution is 2.18. The van der Waals surface area contributed by atoms with Crippen LogP contribution in [0.2, 0.25) is 0 Å². The molecule has 3 heteroatoms. The van der Waals surface area contributed by atoms with Crippen LogP contribution in [-0.4, -0.2) is 9.97 Å². The molecule has 82 valence electrons. The average Bonchev–Trinajstić information content (AvgIpc) is 2.32. The lowest BCUT2D eigenvalue weighted by Gasteiger charge is -2.10. The van der Waals surface area contributed by atoms with Crippen LogP contribution in [0.25, 0.3) is 0 Å². The molecule has 1 aromatic carbocycles. The fourth-order valence-corrected chi connectivity index (χ4v) is 1.56. The fraction of sp³-hybridized carbons (Fsp3) is 0.231. The molecule has 0 fully saturated rings. The van der Waals surface area contributed by atoms with Crippen LogP contribution in [0, 0.1) is 13.8 Å². The number of nitrogens with zero attached hydrogens (tertiary/aromatic N) is 2. The van der Waals surface area contributed by atoms with Crippen molar-refractivity contribution in [3.05, 3.63) is 53.6 Å². The van der Waals surface area contributed by atoms with Crippen LogP contribution < -0.4 is 5.32 Å². The number of rotatable bonds is 3. The lowest BCUT2D eigenvalue weighted by molar-refractivity contribution is 1.05. The number of nitrogens with one attached hydrogen (secondary N) is 1. The first-order valence-corrected chi connectivity index (χ1v) is 5.31. The molecule has 0 bridgehead atoms. The zero-order valence-corrected chi connectivity index (χ0v) is 9.57. The Morgan fingerprint density at radius 1 is 1.12 bits per heavy atom. The van der Waals surface area contributed by atoms with Crippen LogP contribution in [-0.2, 0) is 6.54 Å². The normalized spacial score (nSPS) is 10.1. The van der Waals surface area contributed by atoms with E-state index >= 15 is 0 Å². The topological polar surface area (TPSA) is 37.8 Å². The van der Waals surface area contributed by atoms with E-state index in [-0.39, 0.29) is 0 Å². The lowest BCUT2D eigenvalue weighted by Crippen LogP contribution is -2.02. The van der Waals surface area contributed by atoms with Gasteiger partial charge in [-0.15, -0.1) is 0 Å². The van der Waals surface area contributed by atoms with E-state index in [1.807, 2.05) is 12.4 Å². The minimum Gasteiger partial charge on any atom is -0.381 e. The summed E-state index contributed by atoms with van der Waals surface area (Å²) in [5.74, 6) is 0. The van der Waals surface area contributed by atoms with E-state index in [0.717, 1.165) is 12.1 Å². The molecule has 1 aromatic heterocycles. The standard InChI is InChI=1S/C13H15N3/c1-10-4-3-5-13(11(10)2)16-8-12-6-14-9-15-7-12/h3-7,9,16H,8H2,1-2H3. The second kappa shape index (κ2) is 4.75. The Labute approximate surface area is 95.6 Å². The SMILES string of the molecule is Cc1cccc(NCc2cncnc2)c1C. The van der Waals surface area contributed by atoms with Gasteiger partial charge >= 0.3 is 0 Å². The summed E-state index contributed by atoms with van der Waals surface area (Å²) in [5.41, 5.74) is 4.85. The average molecular weight is 213 g/mol. The number of aryl methyl sites for hydroxylation is 1. The van der Waals surface area contributed by atoms with Gasteiger partial charge in [-0.05, 0) is 31.0 Å². The Kier molecular flexibility index (Phi) is 3.15. The van der Waals surface area contributed by atoms with Gasteiger partial charge in [-0.2, -0.15) is 0 Å². The summed E-state index contributed by atoms with van der Waals surface area (Å²) in [4.78, 5) is 7.97. The molecule has 0 radical (unpaired) electrons. The smallest absolute Gasteiger partial charge is 0.115 e. The van der Waals surface area contributed by atoms with Crippen LogP contribution in [0.3, 0.4) is 0 Å². The number of benzene rings is 1. The number of hydrogen-bond acceptors (Lipinski definition) is 3. The van der Waals surface area contributed by atoms with E-state index in [2.05, 4.69) is 47.3 Å². The van der Waals surface area contributed by atoms with E-state index in [0.29, 0.717) is 0 Å². The van der Waals surface area contributed by atoms with E-state index in [1.54, 1.807) is 6.33 Å². The molecular weight excluding hydrogens is 198 g/mol. The first-order valence-electron chi connectivity index (χ1n) is 5.31. The summed E-state index contributed by atoms with van der Waals surface area (Å²) in [7, 11) is 0. The molecular formula is C13H15N3. The zero-order chi connectivity index (χ0) is 11.4. The molecule has 0 spiro atoms. The highest BCUT2D eigenvalue weighted by atomic mass is 14.9. The monoisotopic (exact) mass is 213 g/mol. The minimum atomic E-state index is 0.755. The molecule has 1 heterocycles. The van der Waals surface area contributed by atoms with Gasteiger partial charge in [0.25, 0.3) is 0 Å². The van der Waals surface area contributed by atoms with E-state index in [9.17, 15) is 0 Å². The summed E-state index contributed by atoms with van der Waals surface area (Å²) >= 11 is 0. The van der Waals surface area contributed by atoms with Gasteiger partial charge in [-0.1, -0.05) is 12.1 Å². The molecule has 0 saturated carbocycles. The van der Waals surface area contributed by atoms with Gasteiger partial charge in [0.05, 0.1) is 0 Å². The van der Waals surface area contributed by atoms with E-state index in [4.69, 9.17) is 0 Å². The molecule has 0 aliphatic carbocycles. The van der Waals surface area contributed by atoms with Gasteiger partial charge in [-0.25, -0.2) is 9.97 Å². The van der Waals surface area contributed by atoms with Crippen molar-refractivity contribution in [2.75, 3.05) is 5.32 Å². The van der Waals surface area contributed by atoms with Gasteiger partial charge in [0.15, 0.2) is 0 Å². The first kappa shape index (κ1) is 10.6.